The first-order valence-electron chi connectivity index (χ1n) is 9.62. The highest BCUT2D eigenvalue weighted by atomic mass is 32.1. The van der Waals surface area contributed by atoms with Crippen LogP contribution >= 0.6 is 11.3 Å². The minimum absolute atomic E-state index is 0.0262. The van der Waals surface area contributed by atoms with Gasteiger partial charge in [0.25, 0.3) is 11.6 Å². The quantitative estimate of drug-likeness (QED) is 0.274. The van der Waals surface area contributed by atoms with E-state index in [-0.39, 0.29) is 28.4 Å². The maximum Gasteiger partial charge on any atom is 0.435 e. The Balaban J connectivity index is 1.63. The molecule has 2 aromatic carbocycles. The van der Waals surface area contributed by atoms with Gasteiger partial charge in [0.05, 0.1) is 34.4 Å². The summed E-state index contributed by atoms with van der Waals surface area (Å²) in [5.41, 5.74) is -0.693. The highest BCUT2D eigenvalue weighted by Gasteiger charge is 2.35. The van der Waals surface area contributed by atoms with Crippen LogP contribution in [0.15, 0.2) is 66.0 Å². The summed E-state index contributed by atoms with van der Waals surface area (Å²) in [6, 6.07) is 14.0. The molecule has 0 spiro atoms. The molecule has 0 bridgehead atoms. The largest absolute Gasteiger partial charge is 0.496 e. The summed E-state index contributed by atoms with van der Waals surface area (Å²) < 4.78 is 45.9. The van der Waals surface area contributed by atoms with Crippen LogP contribution in [0.1, 0.15) is 16.1 Å². The second kappa shape index (κ2) is 8.98. The predicted molar refractivity (Wildman–Crippen MR) is 119 cm³/mol. The minimum Gasteiger partial charge on any atom is -0.496 e. The topological polar surface area (TPSA) is 99.3 Å². The first-order valence-corrected chi connectivity index (χ1v) is 10.5. The molecule has 0 fully saturated rings. The Morgan fingerprint density at radius 2 is 1.88 bits per heavy atom. The van der Waals surface area contributed by atoms with Gasteiger partial charge in [-0.15, -0.1) is 11.3 Å². The van der Waals surface area contributed by atoms with Crippen LogP contribution in [0.4, 0.5) is 24.5 Å². The van der Waals surface area contributed by atoms with Gasteiger partial charge in [0.1, 0.15) is 11.4 Å². The molecular weight excluding hydrogens is 473 g/mol. The number of nitrogens with zero attached hydrogens (tertiary/aromatic N) is 3. The highest BCUT2D eigenvalue weighted by molar-refractivity contribution is 7.13. The molecule has 0 aliphatic heterocycles. The van der Waals surface area contributed by atoms with Gasteiger partial charge < -0.3 is 10.1 Å². The van der Waals surface area contributed by atoms with Gasteiger partial charge in [-0.3, -0.25) is 14.9 Å². The molecule has 0 aliphatic carbocycles. The molecule has 34 heavy (non-hydrogen) atoms. The Kier molecular flexibility index (Phi) is 6.07. The highest BCUT2D eigenvalue weighted by Crippen LogP contribution is 2.35. The van der Waals surface area contributed by atoms with Crippen molar-refractivity contribution in [3.63, 3.8) is 0 Å². The molecular formula is C22H15F3N4O4S. The molecule has 0 aliphatic rings. The summed E-state index contributed by atoms with van der Waals surface area (Å²) in [4.78, 5) is 23.9. The molecule has 0 saturated heterocycles. The number of anilines is 1. The number of carbonyl (C=O) groups is 1. The van der Waals surface area contributed by atoms with Crippen LogP contribution in [-0.4, -0.2) is 27.7 Å². The van der Waals surface area contributed by atoms with Crippen molar-refractivity contribution in [2.45, 2.75) is 6.18 Å². The van der Waals surface area contributed by atoms with Crippen LogP contribution in [0.5, 0.6) is 5.75 Å². The van der Waals surface area contributed by atoms with Crippen LogP contribution < -0.4 is 10.1 Å². The third-order valence-electron chi connectivity index (χ3n) is 4.80. The van der Waals surface area contributed by atoms with Crippen molar-refractivity contribution in [1.82, 2.24) is 9.78 Å². The molecule has 0 unspecified atom stereocenters. The summed E-state index contributed by atoms with van der Waals surface area (Å²) in [5.74, 6) is -0.372. The smallest absolute Gasteiger partial charge is 0.435 e. The molecule has 12 heteroatoms. The Morgan fingerprint density at radius 3 is 2.47 bits per heavy atom. The molecule has 0 radical (unpaired) electrons. The summed E-state index contributed by atoms with van der Waals surface area (Å²) in [6.45, 7) is 0. The monoisotopic (exact) mass is 488 g/mol. The normalized spacial score (nSPS) is 11.3. The van der Waals surface area contributed by atoms with E-state index in [1.807, 2.05) is 0 Å². The van der Waals surface area contributed by atoms with Gasteiger partial charge in [0.2, 0.25) is 0 Å². The molecule has 0 saturated carbocycles. The van der Waals surface area contributed by atoms with Crippen molar-refractivity contribution in [2.24, 2.45) is 0 Å². The summed E-state index contributed by atoms with van der Waals surface area (Å²) in [6.07, 6.45) is -4.62. The van der Waals surface area contributed by atoms with Crippen molar-refractivity contribution < 1.29 is 27.6 Å². The number of carbonyl (C=O) groups excluding carboxylic acids is 1. The van der Waals surface area contributed by atoms with E-state index in [1.165, 1.54) is 60.9 Å². The molecule has 0 atom stereocenters. The van der Waals surface area contributed by atoms with Gasteiger partial charge in [-0.05, 0) is 53.9 Å². The molecule has 174 valence electrons. The van der Waals surface area contributed by atoms with E-state index >= 15 is 0 Å². The fourth-order valence-electron chi connectivity index (χ4n) is 3.16. The average Bonchev–Trinajstić information content (AvgIpc) is 3.49. The third kappa shape index (κ3) is 4.62. The van der Waals surface area contributed by atoms with Crippen LogP contribution in [0, 0.1) is 10.1 Å². The zero-order valence-electron chi connectivity index (χ0n) is 17.4. The molecule has 8 nitrogen and oxygen atoms in total. The number of nitro groups is 1. The molecule has 2 aromatic heterocycles. The van der Waals surface area contributed by atoms with E-state index < -0.39 is 22.7 Å². The van der Waals surface area contributed by atoms with Crippen molar-refractivity contribution in [3.8, 4) is 22.0 Å². The van der Waals surface area contributed by atoms with Gasteiger partial charge in [0.15, 0.2) is 5.69 Å². The van der Waals surface area contributed by atoms with Gasteiger partial charge in [-0.25, -0.2) is 4.68 Å². The van der Waals surface area contributed by atoms with Crippen LogP contribution in [0.3, 0.4) is 0 Å². The summed E-state index contributed by atoms with van der Waals surface area (Å²) in [5, 5.41) is 19.2. The van der Waals surface area contributed by atoms with Gasteiger partial charge in [-0.1, -0.05) is 6.07 Å². The summed E-state index contributed by atoms with van der Waals surface area (Å²) >= 11 is 1.27. The number of rotatable bonds is 6. The standard InChI is InChI=1S/C22H15F3N4O4S/c1-33-15-8-9-16(17(11-15)29(31)32)26-21(30)13-4-6-14(7-5-13)28-18(19-3-2-10-34-19)12-20(27-28)22(23,24)25/h2-12H,1H3,(H,26,30). The van der Waals surface area contributed by atoms with E-state index in [0.717, 1.165) is 10.7 Å². The van der Waals surface area contributed by atoms with E-state index in [0.29, 0.717) is 10.6 Å². The minimum atomic E-state index is -4.62. The SMILES string of the molecule is COc1ccc(NC(=O)c2ccc(-n3nc(C(F)(F)F)cc3-c3cccs3)cc2)c([N+](=O)[O-])c1. The van der Waals surface area contributed by atoms with E-state index in [2.05, 4.69) is 10.4 Å². The van der Waals surface area contributed by atoms with Gasteiger partial charge >= 0.3 is 6.18 Å². The van der Waals surface area contributed by atoms with Crippen LogP contribution in [0.25, 0.3) is 16.3 Å². The predicted octanol–water partition coefficient (Wildman–Crippen LogP) is 5.79. The number of halogens is 3. The maximum atomic E-state index is 13.3. The summed E-state index contributed by atoms with van der Waals surface area (Å²) in [7, 11) is 1.36. The van der Waals surface area contributed by atoms with E-state index in [9.17, 15) is 28.1 Å². The second-order valence-electron chi connectivity index (χ2n) is 6.94. The van der Waals surface area contributed by atoms with Crippen molar-refractivity contribution >= 4 is 28.6 Å². The van der Waals surface area contributed by atoms with Crippen LogP contribution in [0.2, 0.25) is 0 Å². The fraction of sp³-hybridized carbons (Fsp3) is 0.0909. The number of nitro benzene ring substituents is 1. The number of amides is 1. The van der Waals surface area contributed by atoms with Gasteiger partial charge in [-0.2, -0.15) is 18.3 Å². The number of alkyl halides is 3. The molecule has 4 aromatic rings. The maximum absolute atomic E-state index is 13.3. The number of hydrogen-bond acceptors (Lipinski definition) is 6. The number of benzene rings is 2. The molecule has 4 rings (SSSR count). The first kappa shape index (κ1) is 23.0. The van der Waals surface area contributed by atoms with Crippen LogP contribution in [-0.2, 0) is 6.18 Å². The van der Waals surface area contributed by atoms with Crippen molar-refractivity contribution in [3.05, 3.63) is 87.4 Å². The van der Waals surface area contributed by atoms with E-state index in [1.54, 1.807) is 17.5 Å². The van der Waals surface area contributed by atoms with E-state index in [4.69, 9.17) is 4.74 Å². The first-order chi connectivity index (χ1) is 16.2. The molecule has 2 heterocycles. The Hall–Kier alpha value is -4.19. The molecule has 1 N–H and O–H groups in total. The Labute approximate surface area is 194 Å². The number of methoxy groups -OCH3 is 1. The number of aromatic nitrogens is 2. The van der Waals surface area contributed by atoms with Gasteiger partial charge in [0, 0.05) is 5.56 Å². The van der Waals surface area contributed by atoms with Crippen molar-refractivity contribution in [2.75, 3.05) is 12.4 Å². The fourth-order valence-corrected chi connectivity index (χ4v) is 3.89. The van der Waals surface area contributed by atoms with Crippen molar-refractivity contribution in [1.29, 1.82) is 0 Å². The Bertz CT molecular complexity index is 1350. The average molecular weight is 488 g/mol. The molecule has 1 amide bonds. The number of thiophene rings is 1. The zero-order valence-corrected chi connectivity index (χ0v) is 18.2. The second-order valence-corrected chi connectivity index (χ2v) is 7.89. The lowest BCUT2D eigenvalue weighted by Gasteiger charge is -2.09. The number of ether oxygens (including phenoxy) is 1. The lowest BCUT2D eigenvalue weighted by molar-refractivity contribution is -0.384. The Morgan fingerprint density at radius 1 is 1.15 bits per heavy atom. The zero-order chi connectivity index (χ0) is 24.5. The lowest BCUT2D eigenvalue weighted by Crippen LogP contribution is -2.13. The number of hydrogen-bond donors (Lipinski definition) is 1. The lowest BCUT2D eigenvalue weighted by atomic mass is 10.1. The number of nitrogens with one attached hydrogen (secondary N) is 1. The third-order valence-corrected chi connectivity index (χ3v) is 5.69.